The molecule has 0 bridgehead atoms. The molecule has 5 rings (SSSR count). The number of phenols is 1. The van der Waals surface area contributed by atoms with E-state index in [9.17, 15) is 5.11 Å². The second-order valence-electron chi connectivity index (χ2n) is 6.88. The van der Waals surface area contributed by atoms with E-state index in [0.29, 0.717) is 4.47 Å². The van der Waals surface area contributed by atoms with Crippen molar-refractivity contribution in [2.75, 3.05) is 0 Å². The minimum atomic E-state index is -0.452. The van der Waals surface area contributed by atoms with Crippen molar-refractivity contribution in [3.8, 4) is 16.9 Å². The minimum absolute atomic E-state index is 0.262. The average molecular weight is 413 g/mol. The molecule has 130 valence electrons. The second kappa shape index (κ2) is 6.11. The van der Waals surface area contributed by atoms with Gasteiger partial charge in [0, 0.05) is 0 Å². The molecule has 27 heavy (non-hydrogen) atoms. The first-order chi connectivity index (χ1) is 13.2. The van der Waals surface area contributed by atoms with Crippen LogP contribution in [-0.4, -0.2) is 5.11 Å². The number of fused-ring (bicyclic) bond motifs is 3. The Balaban J connectivity index is 1.99. The smallest absolute Gasteiger partial charge is 0.130 e. The van der Waals surface area contributed by atoms with Gasteiger partial charge in [-0.15, -0.1) is 0 Å². The summed E-state index contributed by atoms with van der Waals surface area (Å²) in [4.78, 5) is 0. The van der Waals surface area contributed by atoms with Crippen LogP contribution < -0.4 is 0 Å². The van der Waals surface area contributed by atoms with Crippen molar-refractivity contribution < 1.29 is 5.11 Å². The van der Waals surface area contributed by atoms with Crippen molar-refractivity contribution in [3.05, 3.63) is 124 Å². The van der Waals surface area contributed by atoms with Gasteiger partial charge in [-0.1, -0.05) is 84.9 Å². The molecule has 0 atom stereocenters. The maximum absolute atomic E-state index is 10.5. The Morgan fingerprint density at radius 3 is 1.78 bits per heavy atom. The molecule has 4 aromatic carbocycles. The highest BCUT2D eigenvalue weighted by molar-refractivity contribution is 9.10. The van der Waals surface area contributed by atoms with Crippen molar-refractivity contribution in [2.45, 2.75) is 5.41 Å². The van der Waals surface area contributed by atoms with Crippen LogP contribution in [0.5, 0.6) is 5.75 Å². The molecule has 0 aliphatic heterocycles. The lowest BCUT2D eigenvalue weighted by molar-refractivity contribution is 0.470. The largest absolute Gasteiger partial charge is 0.507 e. The van der Waals surface area contributed by atoms with E-state index >= 15 is 0 Å². The summed E-state index contributed by atoms with van der Waals surface area (Å²) in [5.74, 6) is 0.262. The molecule has 4 aromatic rings. The molecular formula is C25H17BrO. The summed E-state index contributed by atoms with van der Waals surface area (Å²) >= 11 is 3.50. The molecule has 0 saturated carbocycles. The molecule has 0 unspecified atom stereocenters. The molecular weight excluding hydrogens is 396 g/mol. The Labute approximate surface area is 167 Å². The summed E-state index contributed by atoms with van der Waals surface area (Å²) in [6.45, 7) is 0. The Morgan fingerprint density at radius 1 is 0.593 bits per heavy atom. The molecule has 1 N–H and O–H groups in total. The second-order valence-corrected chi connectivity index (χ2v) is 7.73. The van der Waals surface area contributed by atoms with E-state index < -0.39 is 5.41 Å². The van der Waals surface area contributed by atoms with E-state index in [4.69, 9.17) is 0 Å². The maximum atomic E-state index is 10.5. The van der Waals surface area contributed by atoms with Gasteiger partial charge in [0.25, 0.3) is 0 Å². The van der Waals surface area contributed by atoms with Gasteiger partial charge < -0.3 is 5.11 Å². The van der Waals surface area contributed by atoms with Crippen molar-refractivity contribution in [3.63, 3.8) is 0 Å². The van der Waals surface area contributed by atoms with Crippen LogP contribution >= 0.6 is 15.9 Å². The van der Waals surface area contributed by atoms with Crippen LogP contribution in [0.15, 0.2) is 102 Å². The molecule has 2 heteroatoms. The number of hydrogen-bond acceptors (Lipinski definition) is 1. The van der Waals surface area contributed by atoms with Crippen LogP contribution in [0.1, 0.15) is 22.3 Å². The first-order valence-corrected chi connectivity index (χ1v) is 9.76. The van der Waals surface area contributed by atoms with Crippen molar-refractivity contribution in [2.24, 2.45) is 0 Å². The van der Waals surface area contributed by atoms with Gasteiger partial charge >= 0.3 is 0 Å². The fraction of sp³-hybridized carbons (Fsp3) is 0.0400. The zero-order chi connectivity index (χ0) is 18.4. The monoisotopic (exact) mass is 412 g/mol. The molecule has 0 heterocycles. The van der Waals surface area contributed by atoms with E-state index in [1.165, 1.54) is 22.3 Å². The third-order valence-electron chi connectivity index (χ3n) is 5.53. The fourth-order valence-corrected chi connectivity index (χ4v) is 4.79. The fourth-order valence-electron chi connectivity index (χ4n) is 4.45. The normalized spacial score (nSPS) is 13.8. The van der Waals surface area contributed by atoms with Gasteiger partial charge in [-0.2, -0.15) is 0 Å². The van der Waals surface area contributed by atoms with Gasteiger partial charge in [-0.3, -0.25) is 0 Å². The summed E-state index contributed by atoms with van der Waals surface area (Å²) in [6, 6.07) is 33.6. The lowest BCUT2D eigenvalue weighted by atomic mass is 9.68. The number of benzene rings is 4. The van der Waals surface area contributed by atoms with Crippen LogP contribution in [0.3, 0.4) is 0 Å². The molecule has 1 aliphatic rings. The third kappa shape index (κ3) is 2.23. The molecule has 1 aliphatic carbocycles. The Hall–Kier alpha value is -2.84. The Morgan fingerprint density at radius 2 is 1.15 bits per heavy atom. The summed E-state index contributed by atoms with van der Waals surface area (Å²) in [5.41, 5.74) is 6.67. The van der Waals surface area contributed by atoms with Gasteiger partial charge in [-0.25, -0.2) is 0 Å². The van der Waals surface area contributed by atoms with Crippen LogP contribution in [-0.2, 0) is 5.41 Å². The summed E-state index contributed by atoms with van der Waals surface area (Å²) in [6.07, 6.45) is 0. The highest BCUT2D eigenvalue weighted by atomic mass is 79.9. The predicted octanol–water partition coefficient (Wildman–Crippen LogP) is 6.52. The van der Waals surface area contributed by atoms with Crippen molar-refractivity contribution in [1.82, 2.24) is 0 Å². The summed E-state index contributed by atoms with van der Waals surface area (Å²) < 4.78 is 0.716. The number of aromatic hydroxyl groups is 1. The SMILES string of the molecule is Oc1cc2c(cc1Br)-c1ccccc1C2(c1ccccc1)c1ccccc1. The van der Waals surface area contributed by atoms with E-state index in [2.05, 4.69) is 88.7 Å². The zero-order valence-corrected chi connectivity index (χ0v) is 16.1. The van der Waals surface area contributed by atoms with E-state index in [-0.39, 0.29) is 5.75 Å². The quantitative estimate of drug-likeness (QED) is 0.349. The number of halogens is 1. The van der Waals surface area contributed by atoms with Crippen LogP contribution in [0.4, 0.5) is 0 Å². The van der Waals surface area contributed by atoms with Crippen LogP contribution in [0.25, 0.3) is 11.1 Å². The number of rotatable bonds is 2. The Kier molecular flexibility index (Phi) is 3.70. The predicted molar refractivity (Wildman–Crippen MR) is 113 cm³/mol. The molecule has 0 aromatic heterocycles. The average Bonchev–Trinajstić information content (AvgIpc) is 3.00. The van der Waals surface area contributed by atoms with Gasteiger partial charge in [0.2, 0.25) is 0 Å². The third-order valence-corrected chi connectivity index (χ3v) is 6.16. The van der Waals surface area contributed by atoms with E-state index in [0.717, 1.165) is 11.1 Å². The lowest BCUT2D eigenvalue weighted by Crippen LogP contribution is -2.28. The summed E-state index contributed by atoms with van der Waals surface area (Å²) in [7, 11) is 0. The standard InChI is InChI=1S/C25H17BrO/c26-23-15-20-19-13-7-8-14-21(19)25(22(20)16-24(23)27,17-9-3-1-4-10-17)18-11-5-2-6-12-18/h1-16,27H. The summed E-state index contributed by atoms with van der Waals surface area (Å²) in [5, 5.41) is 10.5. The number of hydrogen-bond donors (Lipinski definition) is 1. The molecule has 0 fully saturated rings. The van der Waals surface area contributed by atoms with Gasteiger partial charge in [0.1, 0.15) is 5.75 Å². The van der Waals surface area contributed by atoms with Gasteiger partial charge in [0.05, 0.1) is 9.89 Å². The van der Waals surface area contributed by atoms with Gasteiger partial charge in [0.15, 0.2) is 0 Å². The zero-order valence-electron chi connectivity index (χ0n) is 14.6. The number of phenolic OH excluding ortho intramolecular Hbond substituents is 1. The first kappa shape index (κ1) is 16.3. The lowest BCUT2D eigenvalue weighted by Gasteiger charge is -2.33. The molecule has 0 radical (unpaired) electrons. The van der Waals surface area contributed by atoms with Crippen molar-refractivity contribution in [1.29, 1.82) is 0 Å². The molecule has 0 spiro atoms. The molecule has 0 amide bonds. The minimum Gasteiger partial charge on any atom is -0.507 e. The topological polar surface area (TPSA) is 20.2 Å². The maximum Gasteiger partial charge on any atom is 0.130 e. The molecule has 1 nitrogen and oxygen atoms in total. The highest BCUT2D eigenvalue weighted by Gasteiger charge is 2.46. The Bertz CT molecular complexity index is 1090. The highest BCUT2D eigenvalue weighted by Crippen LogP contribution is 2.57. The van der Waals surface area contributed by atoms with Crippen LogP contribution in [0, 0.1) is 0 Å². The van der Waals surface area contributed by atoms with E-state index in [1.54, 1.807) is 0 Å². The van der Waals surface area contributed by atoms with Gasteiger partial charge in [-0.05, 0) is 61.4 Å². The van der Waals surface area contributed by atoms with Crippen molar-refractivity contribution >= 4 is 15.9 Å². The van der Waals surface area contributed by atoms with Crippen LogP contribution in [0.2, 0.25) is 0 Å². The first-order valence-electron chi connectivity index (χ1n) is 8.97. The van der Waals surface area contributed by atoms with E-state index in [1.807, 2.05) is 24.3 Å². The molecule has 0 saturated heterocycles.